The number of nitrogens with zero attached hydrogens (tertiary/aromatic N) is 1. The summed E-state index contributed by atoms with van der Waals surface area (Å²) in [7, 11) is 0. The number of hydrogen-bond acceptors (Lipinski definition) is 3. The predicted molar refractivity (Wildman–Crippen MR) is 80.8 cm³/mol. The molecule has 1 aliphatic heterocycles. The van der Waals surface area contributed by atoms with Crippen molar-refractivity contribution < 1.29 is 9.53 Å². The van der Waals surface area contributed by atoms with E-state index in [2.05, 4.69) is 6.92 Å². The Kier molecular flexibility index (Phi) is 5.01. The van der Waals surface area contributed by atoms with Gasteiger partial charge in [0.2, 0.25) is 0 Å². The van der Waals surface area contributed by atoms with Crippen LogP contribution < -0.4 is 5.73 Å². The first-order valence-electron chi connectivity index (χ1n) is 7.38. The number of rotatable bonds is 4. The van der Waals surface area contributed by atoms with Crippen LogP contribution in [-0.4, -0.2) is 36.6 Å². The van der Waals surface area contributed by atoms with Crippen LogP contribution in [0.25, 0.3) is 0 Å². The van der Waals surface area contributed by atoms with Crippen molar-refractivity contribution in [1.29, 1.82) is 0 Å². The van der Waals surface area contributed by atoms with Gasteiger partial charge in [-0.25, -0.2) is 0 Å². The highest BCUT2D eigenvalue weighted by molar-refractivity contribution is 5.95. The highest BCUT2D eigenvalue weighted by Crippen LogP contribution is 2.19. The number of aryl methyl sites for hydroxylation is 1. The quantitative estimate of drug-likeness (QED) is 0.860. The smallest absolute Gasteiger partial charge is 0.254 e. The van der Waals surface area contributed by atoms with E-state index in [1.807, 2.05) is 24.0 Å². The zero-order valence-electron chi connectivity index (χ0n) is 12.4. The number of carbonyl (C=O) groups is 1. The minimum Gasteiger partial charge on any atom is -0.398 e. The summed E-state index contributed by atoms with van der Waals surface area (Å²) in [5.41, 5.74) is 8.23. The van der Waals surface area contributed by atoms with E-state index in [0.29, 0.717) is 17.8 Å². The standard InChI is InChI=1S/C16H24N2O2/c1-3-9-20-14-5-4-8-18(11-14)16(19)13-7-6-12(2)15(17)10-13/h6-7,10,14H,3-5,8-9,11,17H2,1-2H3. The fourth-order valence-electron chi connectivity index (χ4n) is 2.50. The lowest BCUT2D eigenvalue weighted by Gasteiger charge is -2.32. The third kappa shape index (κ3) is 3.51. The van der Waals surface area contributed by atoms with Gasteiger partial charge in [-0.05, 0) is 43.9 Å². The number of nitrogen functional groups attached to an aromatic ring is 1. The number of ether oxygens (including phenoxy) is 1. The second kappa shape index (κ2) is 6.75. The lowest BCUT2D eigenvalue weighted by Crippen LogP contribution is -2.43. The SMILES string of the molecule is CCCOC1CCCN(C(=O)c2ccc(C)c(N)c2)C1. The molecule has 1 aromatic carbocycles. The normalized spacial score (nSPS) is 19.1. The molecular weight excluding hydrogens is 252 g/mol. The Morgan fingerprint density at radius 2 is 2.30 bits per heavy atom. The maximum absolute atomic E-state index is 12.5. The van der Waals surface area contributed by atoms with Gasteiger partial charge in [-0.2, -0.15) is 0 Å². The van der Waals surface area contributed by atoms with Gasteiger partial charge < -0.3 is 15.4 Å². The van der Waals surface area contributed by atoms with E-state index in [-0.39, 0.29) is 12.0 Å². The summed E-state index contributed by atoms with van der Waals surface area (Å²) >= 11 is 0. The third-order valence-electron chi connectivity index (χ3n) is 3.75. The van der Waals surface area contributed by atoms with Crippen molar-refractivity contribution in [3.8, 4) is 0 Å². The lowest BCUT2D eigenvalue weighted by atomic mass is 10.1. The van der Waals surface area contributed by atoms with Crippen LogP contribution in [0.1, 0.15) is 42.1 Å². The number of benzene rings is 1. The summed E-state index contributed by atoms with van der Waals surface area (Å²) in [6, 6.07) is 5.52. The van der Waals surface area contributed by atoms with E-state index in [4.69, 9.17) is 10.5 Å². The number of likely N-dealkylation sites (tertiary alicyclic amines) is 1. The number of amides is 1. The van der Waals surface area contributed by atoms with Gasteiger partial charge in [0.1, 0.15) is 0 Å². The number of carbonyl (C=O) groups excluding carboxylic acids is 1. The summed E-state index contributed by atoms with van der Waals surface area (Å²) < 4.78 is 5.77. The Balaban J connectivity index is 2.02. The Hall–Kier alpha value is -1.55. The molecule has 110 valence electrons. The fraction of sp³-hybridized carbons (Fsp3) is 0.562. The van der Waals surface area contributed by atoms with Crippen molar-refractivity contribution >= 4 is 11.6 Å². The van der Waals surface area contributed by atoms with E-state index in [1.165, 1.54) is 0 Å². The molecule has 1 atom stereocenters. The highest BCUT2D eigenvalue weighted by atomic mass is 16.5. The van der Waals surface area contributed by atoms with Gasteiger partial charge in [0, 0.05) is 30.9 Å². The van der Waals surface area contributed by atoms with Crippen LogP contribution in [0.2, 0.25) is 0 Å². The predicted octanol–water partition coefficient (Wildman–Crippen LogP) is 2.61. The largest absolute Gasteiger partial charge is 0.398 e. The number of piperidine rings is 1. The highest BCUT2D eigenvalue weighted by Gasteiger charge is 2.24. The average molecular weight is 276 g/mol. The van der Waals surface area contributed by atoms with E-state index >= 15 is 0 Å². The summed E-state index contributed by atoms with van der Waals surface area (Å²) in [6.07, 6.45) is 3.23. The Morgan fingerprint density at radius 3 is 3.00 bits per heavy atom. The lowest BCUT2D eigenvalue weighted by molar-refractivity contribution is 0.00211. The van der Waals surface area contributed by atoms with Gasteiger partial charge >= 0.3 is 0 Å². The topological polar surface area (TPSA) is 55.6 Å². The van der Waals surface area contributed by atoms with E-state index < -0.39 is 0 Å². The number of hydrogen-bond donors (Lipinski definition) is 1. The van der Waals surface area contributed by atoms with Crippen molar-refractivity contribution in [2.75, 3.05) is 25.4 Å². The molecule has 1 amide bonds. The molecule has 1 saturated heterocycles. The molecule has 4 heteroatoms. The molecule has 1 heterocycles. The minimum atomic E-state index is 0.0569. The van der Waals surface area contributed by atoms with Gasteiger partial charge in [-0.3, -0.25) is 4.79 Å². The van der Waals surface area contributed by atoms with Crippen molar-refractivity contribution in [2.24, 2.45) is 0 Å². The molecule has 0 spiro atoms. The Morgan fingerprint density at radius 1 is 1.50 bits per heavy atom. The van der Waals surface area contributed by atoms with Crippen LogP contribution in [0.4, 0.5) is 5.69 Å². The third-order valence-corrected chi connectivity index (χ3v) is 3.75. The van der Waals surface area contributed by atoms with Gasteiger partial charge in [0.15, 0.2) is 0 Å². The molecule has 0 saturated carbocycles. The maximum Gasteiger partial charge on any atom is 0.254 e. The van der Waals surface area contributed by atoms with Gasteiger partial charge in [-0.1, -0.05) is 13.0 Å². The zero-order valence-corrected chi connectivity index (χ0v) is 12.4. The molecular formula is C16H24N2O2. The van der Waals surface area contributed by atoms with Crippen LogP contribution in [0.5, 0.6) is 0 Å². The fourth-order valence-corrected chi connectivity index (χ4v) is 2.50. The molecule has 0 bridgehead atoms. The van der Waals surface area contributed by atoms with Crippen molar-refractivity contribution in [1.82, 2.24) is 4.90 Å². The molecule has 2 N–H and O–H groups in total. The van der Waals surface area contributed by atoms with E-state index in [9.17, 15) is 4.79 Å². The Labute approximate surface area is 120 Å². The van der Waals surface area contributed by atoms with Crippen LogP contribution in [-0.2, 0) is 4.74 Å². The molecule has 20 heavy (non-hydrogen) atoms. The number of nitrogens with two attached hydrogens (primary N) is 1. The van der Waals surface area contributed by atoms with Crippen LogP contribution in [0, 0.1) is 6.92 Å². The molecule has 1 aromatic rings. The molecule has 4 nitrogen and oxygen atoms in total. The summed E-state index contributed by atoms with van der Waals surface area (Å²) in [5, 5.41) is 0. The monoisotopic (exact) mass is 276 g/mol. The van der Waals surface area contributed by atoms with Gasteiger partial charge in [-0.15, -0.1) is 0 Å². The van der Waals surface area contributed by atoms with Crippen molar-refractivity contribution in [3.63, 3.8) is 0 Å². The average Bonchev–Trinajstić information content (AvgIpc) is 2.47. The van der Waals surface area contributed by atoms with Crippen molar-refractivity contribution in [2.45, 2.75) is 39.2 Å². The molecule has 1 fully saturated rings. The first-order chi connectivity index (χ1) is 9.61. The van der Waals surface area contributed by atoms with E-state index in [0.717, 1.165) is 38.0 Å². The number of anilines is 1. The molecule has 0 radical (unpaired) electrons. The minimum absolute atomic E-state index is 0.0569. The van der Waals surface area contributed by atoms with E-state index in [1.54, 1.807) is 6.07 Å². The molecule has 2 rings (SSSR count). The van der Waals surface area contributed by atoms with Crippen LogP contribution in [0.15, 0.2) is 18.2 Å². The molecule has 0 aromatic heterocycles. The maximum atomic E-state index is 12.5. The second-order valence-corrected chi connectivity index (χ2v) is 5.46. The van der Waals surface area contributed by atoms with Gasteiger partial charge in [0.25, 0.3) is 5.91 Å². The Bertz CT molecular complexity index is 474. The first-order valence-corrected chi connectivity index (χ1v) is 7.38. The van der Waals surface area contributed by atoms with Crippen LogP contribution >= 0.6 is 0 Å². The summed E-state index contributed by atoms with van der Waals surface area (Å²) in [4.78, 5) is 14.4. The summed E-state index contributed by atoms with van der Waals surface area (Å²) in [6.45, 7) is 6.30. The van der Waals surface area contributed by atoms with Crippen LogP contribution in [0.3, 0.4) is 0 Å². The molecule has 1 aliphatic rings. The zero-order chi connectivity index (χ0) is 14.5. The summed E-state index contributed by atoms with van der Waals surface area (Å²) in [5.74, 6) is 0.0569. The van der Waals surface area contributed by atoms with Crippen molar-refractivity contribution in [3.05, 3.63) is 29.3 Å². The molecule has 0 aliphatic carbocycles. The first kappa shape index (κ1) is 14.9. The second-order valence-electron chi connectivity index (χ2n) is 5.46. The molecule has 1 unspecified atom stereocenters. The van der Waals surface area contributed by atoms with Gasteiger partial charge in [0.05, 0.1) is 6.10 Å².